The largest absolute Gasteiger partial charge is 0.372 e. The van der Waals surface area contributed by atoms with E-state index in [0.717, 1.165) is 63.0 Å². The van der Waals surface area contributed by atoms with Gasteiger partial charge in [0.05, 0.1) is 29.3 Å². The molecule has 2 heterocycles. The van der Waals surface area contributed by atoms with Crippen LogP contribution in [0.1, 0.15) is 27.8 Å². The van der Waals surface area contributed by atoms with Gasteiger partial charge in [-0.05, 0) is 102 Å². The minimum Gasteiger partial charge on any atom is -0.372 e. The van der Waals surface area contributed by atoms with Crippen molar-refractivity contribution in [3.05, 3.63) is 253 Å². The molecule has 6 aromatic carbocycles. The fourth-order valence-corrected chi connectivity index (χ4v) is 7.13. The quantitative estimate of drug-likeness (QED) is 0.178. The Morgan fingerprint density at radius 1 is 0.679 bits per heavy atom. The minimum absolute atomic E-state index is 0.102. The van der Waals surface area contributed by atoms with Crippen LogP contribution in [-0.2, 0) is 6.42 Å². The van der Waals surface area contributed by atoms with Crippen LogP contribution in [0.5, 0.6) is 0 Å². The van der Waals surface area contributed by atoms with Gasteiger partial charge in [0, 0.05) is 34.5 Å². The number of para-hydroxylation sites is 2. The van der Waals surface area contributed by atoms with Crippen molar-refractivity contribution in [2.24, 2.45) is 4.99 Å². The van der Waals surface area contributed by atoms with E-state index >= 15 is 0 Å². The summed E-state index contributed by atoms with van der Waals surface area (Å²) in [6, 6.07) is 57.3. The van der Waals surface area contributed by atoms with Crippen LogP contribution in [0.2, 0.25) is 0 Å². The molecule has 1 N–H and O–H groups in total. The lowest BCUT2D eigenvalue weighted by atomic mass is 9.98. The second kappa shape index (κ2) is 16.9. The summed E-state index contributed by atoms with van der Waals surface area (Å²) in [5, 5.41) is 3.61. The van der Waals surface area contributed by atoms with Gasteiger partial charge in [-0.1, -0.05) is 146 Å². The Morgan fingerprint density at radius 2 is 1.29 bits per heavy atom. The SMILES string of the molecule is C=C1/C=C(N(c2ccccc2)c2ccccc2)\C=C/N(c2ccc(C3=CN=C4C=CC=CC4N3)cc2)c2ccc(C)cc21.c1ccc(Cc2ccccc2)cc1. The van der Waals surface area contributed by atoms with E-state index in [9.17, 15) is 0 Å². The van der Waals surface area contributed by atoms with Crippen LogP contribution in [0.3, 0.4) is 0 Å². The molecule has 6 aromatic rings. The summed E-state index contributed by atoms with van der Waals surface area (Å²) < 4.78 is 0. The maximum absolute atomic E-state index is 4.68. The Labute approximate surface area is 330 Å². The maximum Gasteiger partial charge on any atom is 0.0873 e. The summed E-state index contributed by atoms with van der Waals surface area (Å²) in [7, 11) is 0. The number of rotatable bonds is 7. The van der Waals surface area contributed by atoms with Crippen LogP contribution in [-0.4, -0.2) is 11.8 Å². The van der Waals surface area contributed by atoms with E-state index in [1.807, 2.05) is 24.4 Å². The number of anilines is 4. The molecule has 0 amide bonds. The first-order valence-corrected chi connectivity index (χ1v) is 19.1. The molecular formula is C52H44N4. The van der Waals surface area contributed by atoms with Gasteiger partial charge in [0.1, 0.15) is 0 Å². The molecule has 0 radical (unpaired) electrons. The predicted octanol–water partition coefficient (Wildman–Crippen LogP) is 12.5. The van der Waals surface area contributed by atoms with E-state index in [-0.39, 0.29) is 6.04 Å². The van der Waals surface area contributed by atoms with Gasteiger partial charge in [0.25, 0.3) is 0 Å². The van der Waals surface area contributed by atoms with Crippen LogP contribution < -0.4 is 15.1 Å². The molecule has 3 aliphatic rings. The van der Waals surface area contributed by atoms with Crippen molar-refractivity contribution in [1.82, 2.24) is 5.32 Å². The van der Waals surface area contributed by atoms with Crippen molar-refractivity contribution in [1.29, 1.82) is 0 Å². The highest BCUT2D eigenvalue weighted by molar-refractivity contribution is 6.04. The molecule has 56 heavy (non-hydrogen) atoms. The molecule has 9 rings (SSSR count). The molecule has 0 aromatic heterocycles. The molecule has 0 bridgehead atoms. The van der Waals surface area contributed by atoms with Gasteiger partial charge in [-0.25, -0.2) is 0 Å². The monoisotopic (exact) mass is 724 g/mol. The Balaban J connectivity index is 0.000000287. The average Bonchev–Trinajstić information content (AvgIpc) is 3.25. The molecule has 0 saturated heterocycles. The van der Waals surface area contributed by atoms with Crippen molar-refractivity contribution in [2.45, 2.75) is 19.4 Å². The molecule has 1 unspecified atom stereocenters. The molecule has 2 aliphatic heterocycles. The third-order valence-corrected chi connectivity index (χ3v) is 9.97. The second-order valence-electron chi connectivity index (χ2n) is 14.0. The summed E-state index contributed by atoms with van der Waals surface area (Å²) in [4.78, 5) is 9.20. The number of nitrogens with one attached hydrogen (secondary N) is 1. The first kappa shape index (κ1) is 35.8. The van der Waals surface area contributed by atoms with Gasteiger partial charge >= 0.3 is 0 Å². The topological polar surface area (TPSA) is 30.9 Å². The van der Waals surface area contributed by atoms with Gasteiger partial charge in [-0.15, -0.1) is 0 Å². The van der Waals surface area contributed by atoms with E-state index in [4.69, 9.17) is 0 Å². The number of fused-ring (bicyclic) bond motifs is 2. The molecule has 0 spiro atoms. The number of aryl methyl sites for hydroxylation is 1. The van der Waals surface area contributed by atoms with E-state index < -0.39 is 0 Å². The number of aliphatic imine (C=N–C) groups is 1. The first-order valence-electron chi connectivity index (χ1n) is 19.1. The van der Waals surface area contributed by atoms with Crippen LogP contribution in [0.25, 0.3) is 11.3 Å². The van der Waals surface area contributed by atoms with Crippen LogP contribution in [0, 0.1) is 6.92 Å². The molecule has 0 fully saturated rings. The van der Waals surface area contributed by atoms with Crippen LogP contribution in [0.15, 0.2) is 230 Å². The summed E-state index contributed by atoms with van der Waals surface area (Å²) in [5.74, 6) is 0. The minimum atomic E-state index is 0.102. The Morgan fingerprint density at radius 3 is 1.91 bits per heavy atom. The van der Waals surface area contributed by atoms with Crippen molar-refractivity contribution in [3.8, 4) is 0 Å². The lowest BCUT2D eigenvalue weighted by molar-refractivity contribution is 0.878. The summed E-state index contributed by atoms with van der Waals surface area (Å²) >= 11 is 0. The fraction of sp³-hybridized carbons (Fsp3) is 0.0577. The summed E-state index contributed by atoms with van der Waals surface area (Å²) in [6.07, 6.45) is 17.7. The van der Waals surface area contributed by atoms with Crippen molar-refractivity contribution < 1.29 is 0 Å². The number of hydrogen-bond donors (Lipinski definition) is 1. The fourth-order valence-electron chi connectivity index (χ4n) is 7.13. The third kappa shape index (κ3) is 8.30. The molecule has 4 heteroatoms. The lowest BCUT2D eigenvalue weighted by Crippen LogP contribution is -2.36. The summed E-state index contributed by atoms with van der Waals surface area (Å²) in [6.45, 7) is 6.68. The van der Waals surface area contributed by atoms with Gasteiger partial charge in [0.15, 0.2) is 0 Å². The average molecular weight is 725 g/mol. The van der Waals surface area contributed by atoms with Crippen molar-refractivity contribution in [3.63, 3.8) is 0 Å². The summed E-state index contributed by atoms with van der Waals surface area (Å²) in [5.41, 5.74) is 14.5. The van der Waals surface area contributed by atoms with E-state index in [2.05, 4.69) is 222 Å². The van der Waals surface area contributed by atoms with Gasteiger partial charge < -0.3 is 15.1 Å². The first-order chi connectivity index (χ1) is 27.6. The number of benzene rings is 6. The predicted molar refractivity (Wildman–Crippen MR) is 237 cm³/mol. The smallest absolute Gasteiger partial charge is 0.0873 e. The van der Waals surface area contributed by atoms with E-state index in [0.29, 0.717) is 0 Å². The Hall–Kier alpha value is -7.17. The lowest BCUT2D eigenvalue weighted by Gasteiger charge is -2.31. The number of hydrogen-bond acceptors (Lipinski definition) is 4. The van der Waals surface area contributed by atoms with Crippen molar-refractivity contribution in [2.75, 3.05) is 9.80 Å². The molecule has 272 valence electrons. The van der Waals surface area contributed by atoms with Gasteiger partial charge in [-0.2, -0.15) is 0 Å². The van der Waals surface area contributed by atoms with Crippen LogP contribution in [0.4, 0.5) is 22.7 Å². The number of allylic oxidation sites excluding steroid dienone is 5. The molecule has 1 atom stereocenters. The zero-order valence-corrected chi connectivity index (χ0v) is 31.5. The second-order valence-corrected chi connectivity index (χ2v) is 14.0. The van der Waals surface area contributed by atoms with Crippen LogP contribution >= 0.6 is 0 Å². The standard InChI is InChI=1S/C39H32N4.C13H12/c1-28-17-22-39-35(25-28)29(2)26-34(43(32-11-5-3-6-12-32)33-13-7-4-8-14-33)23-24-42(39)31-20-18-30(19-21-31)38-27-40-36-15-9-10-16-37(36)41-38;1-3-7-12(8-4-1)11-13-9-5-2-6-10-13/h3-27,37,41H,2H2,1H3;1-10H,11H2/b24-23-,34-26+;. The van der Waals surface area contributed by atoms with Gasteiger partial charge in [-0.3, -0.25) is 4.99 Å². The van der Waals surface area contributed by atoms with E-state index in [1.165, 1.54) is 16.7 Å². The maximum atomic E-state index is 4.68. The Kier molecular flexibility index (Phi) is 10.8. The highest BCUT2D eigenvalue weighted by Crippen LogP contribution is 2.39. The number of nitrogens with zero attached hydrogens (tertiary/aromatic N) is 3. The molecular weight excluding hydrogens is 681 g/mol. The van der Waals surface area contributed by atoms with Gasteiger partial charge in [0.2, 0.25) is 0 Å². The zero-order valence-electron chi connectivity index (χ0n) is 31.5. The zero-order chi connectivity index (χ0) is 38.1. The van der Waals surface area contributed by atoms with Crippen molar-refractivity contribution >= 4 is 39.7 Å². The van der Waals surface area contributed by atoms with E-state index in [1.54, 1.807) is 0 Å². The molecule has 0 saturated carbocycles. The third-order valence-electron chi connectivity index (χ3n) is 9.97. The molecule has 1 aliphatic carbocycles. The Bertz CT molecular complexity index is 2400. The highest BCUT2D eigenvalue weighted by Gasteiger charge is 2.21. The molecule has 4 nitrogen and oxygen atoms in total. The highest BCUT2D eigenvalue weighted by atomic mass is 15.2. The normalized spacial score (nSPS) is 16.9.